The lowest BCUT2D eigenvalue weighted by molar-refractivity contribution is 0.0619. The molecule has 0 saturated heterocycles. The van der Waals surface area contributed by atoms with Crippen molar-refractivity contribution in [3.63, 3.8) is 0 Å². The topological polar surface area (TPSA) is 35.2 Å². The largest absolute Gasteiger partial charge is 0.488 e. The summed E-state index contributed by atoms with van der Waals surface area (Å²) in [5.74, 6) is -0.0207. The average Bonchev–Trinajstić information content (AvgIpc) is 2.28. The Morgan fingerprint density at radius 1 is 1.39 bits per heavy atom. The molecule has 0 fully saturated rings. The van der Waals surface area contributed by atoms with E-state index in [0.717, 1.165) is 6.42 Å². The van der Waals surface area contributed by atoms with Gasteiger partial charge in [0.15, 0.2) is 0 Å². The molecule has 1 aromatic rings. The number of hydrogen-bond acceptors (Lipinski definition) is 2. The highest BCUT2D eigenvalue weighted by Gasteiger charge is 2.31. The Balaban J connectivity index is 2.93. The molecule has 0 aliphatic carbocycles. The van der Waals surface area contributed by atoms with Crippen molar-refractivity contribution in [2.24, 2.45) is 11.1 Å². The zero-order valence-corrected chi connectivity index (χ0v) is 12.1. The number of halogens is 2. The minimum atomic E-state index is -0.480. The van der Waals surface area contributed by atoms with Crippen LogP contribution in [0.25, 0.3) is 0 Å². The van der Waals surface area contributed by atoms with Crippen LogP contribution in [0.5, 0.6) is 5.75 Å². The van der Waals surface area contributed by atoms with Gasteiger partial charge in [-0.05, 0) is 18.6 Å². The zero-order valence-electron chi connectivity index (χ0n) is 11.3. The molecule has 0 aromatic heterocycles. The molecule has 0 bridgehead atoms. The zero-order chi connectivity index (χ0) is 13.9. The molecule has 0 amide bonds. The molecule has 0 heterocycles. The first-order valence-electron chi connectivity index (χ1n) is 6.13. The van der Waals surface area contributed by atoms with Crippen molar-refractivity contribution in [2.45, 2.75) is 46.3 Å². The van der Waals surface area contributed by atoms with Crippen LogP contribution in [0.15, 0.2) is 18.2 Å². The quantitative estimate of drug-likeness (QED) is 0.900. The second-order valence-electron chi connectivity index (χ2n) is 5.55. The third kappa shape index (κ3) is 3.85. The number of hydrogen-bond donors (Lipinski definition) is 1. The molecule has 2 N–H and O–H groups in total. The molecule has 18 heavy (non-hydrogen) atoms. The summed E-state index contributed by atoms with van der Waals surface area (Å²) in [6, 6.07) is 4.35. The lowest BCUT2D eigenvalue weighted by Crippen LogP contribution is -2.47. The number of rotatable bonds is 4. The van der Waals surface area contributed by atoms with Crippen LogP contribution in [-0.4, -0.2) is 12.1 Å². The van der Waals surface area contributed by atoms with Crippen LogP contribution in [0, 0.1) is 11.2 Å². The Kier molecular flexibility index (Phi) is 5.00. The molecule has 2 unspecified atom stereocenters. The van der Waals surface area contributed by atoms with Crippen LogP contribution in [-0.2, 0) is 0 Å². The third-order valence-corrected chi connectivity index (χ3v) is 3.17. The first-order chi connectivity index (χ1) is 8.25. The van der Waals surface area contributed by atoms with E-state index in [4.69, 9.17) is 22.1 Å². The van der Waals surface area contributed by atoms with Gasteiger partial charge in [-0.1, -0.05) is 39.3 Å². The molecule has 102 valence electrons. The molecule has 0 saturated carbocycles. The summed E-state index contributed by atoms with van der Waals surface area (Å²) in [5, 5.41) is 0.0921. The van der Waals surface area contributed by atoms with E-state index in [1.165, 1.54) is 12.1 Å². The summed E-state index contributed by atoms with van der Waals surface area (Å²) in [4.78, 5) is 0. The smallest absolute Gasteiger partial charge is 0.145 e. The summed E-state index contributed by atoms with van der Waals surface area (Å²) >= 11 is 5.64. The van der Waals surface area contributed by atoms with Gasteiger partial charge in [0.2, 0.25) is 0 Å². The van der Waals surface area contributed by atoms with Gasteiger partial charge < -0.3 is 10.5 Å². The Hall–Kier alpha value is -0.800. The first-order valence-corrected chi connectivity index (χ1v) is 6.50. The Bertz CT molecular complexity index is 403. The summed E-state index contributed by atoms with van der Waals surface area (Å²) in [5.41, 5.74) is 5.95. The van der Waals surface area contributed by atoms with Crippen LogP contribution in [0.1, 0.15) is 34.1 Å². The second kappa shape index (κ2) is 5.89. The second-order valence-corrected chi connectivity index (χ2v) is 5.96. The fourth-order valence-corrected chi connectivity index (χ4v) is 1.93. The van der Waals surface area contributed by atoms with Crippen molar-refractivity contribution in [2.75, 3.05) is 0 Å². The van der Waals surface area contributed by atoms with Crippen molar-refractivity contribution in [3.05, 3.63) is 29.0 Å². The standard InChI is InChI=1S/C14H21ClFNO/c1-5-12(17)13(14(2,3)4)18-9-6-7-10(15)11(16)8-9/h6-8,12-13H,5,17H2,1-4H3. The number of ether oxygens (including phenoxy) is 1. The van der Waals surface area contributed by atoms with E-state index in [9.17, 15) is 4.39 Å². The van der Waals surface area contributed by atoms with Gasteiger partial charge >= 0.3 is 0 Å². The van der Waals surface area contributed by atoms with Crippen molar-refractivity contribution < 1.29 is 9.13 Å². The molecule has 0 spiro atoms. The lowest BCUT2D eigenvalue weighted by atomic mass is 9.84. The minimum Gasteiger partial charge on any atom is -0.488 e. The number of benzene rings is 1. The van der Waals surface area contributed by atoms with Crippen LogP contribution in [0.2, 0.25) is 5.02 Å². The van der Waals surface area contributed by atoms with Gasteiger partial charge in [-0.15, -0.1) is 0 Å². The van der Waals surface area contributed by atoms with Gasteiger partial charge in [-0.25, -0.2) is 4.39 Å². The average molecular weight is 274 g/mol. The van der Waals surface area contributed by atoms with Gasteiger partial charge in [0.1, 0.15) is 17.7 Å². The Morgan fingerprint density at radius 2 is 2.00 bits per heavy atom. The predicted molar refractivity (Wildman–Crippen MR) is 73.5 cm³/mol. The lowest BCUT2D eigenvalue weighted by Gasteiger charge is -2.35. The van der Waals surface area contributed by atoms with E-state index in [1.807, 2.05) is 6.92 Å². The molecule has 4 heteroatoms. The summed E-state index contributed by atoms with van der Waals surface area (Å²) in [7, 11) is 0. The Labute approximate surface area is 113 Å². The Morgan fingerprint density at radius 3 is 2.44 bits per heavy atom. The maximum Gasteiger partial charge on any atom is 0.145 e. The summed E-state index contributed by atoms with van der Waals surface area (Å²) in [6.45, 7) is 8.17. The van der Waals surface area contributed by atoms with Crippen molar-refractivity contribution in [1.29, 1.82) is 0 Å². The summed E-state index contributed by atoms with van der Waals surface area (Å²) < 4.78 is 19.2. The van der Waals surface area contributed by atoms with E-state index >= 15 is 0 Å². The normalized spacial score (nSPS) is 15.3. The molecule has 1 rings (SSSR count). The van der Waals surface area contributed by atoms with Gasteiger partial charge in [-0.3, -0.25) is 0 Å². The van der Waals surface area contributed by atoms with E-state index in [2.05, 4.69) is 20.8 Å². The van der Waals surface area contributed by atoms with Crippen LogP contribution in [0.3, 0.4) is 0 Å². The number of nitrogens with two attached hydrogens (primary N) is 1. The molecular formula is C14H21ClFNO. The van der Waals surface area contributed by atoms with E-state index < -0.39 is 5.82 Å². The highest BCUT2D eigenvalue weighted by Crippen LogP contribution is 2.29. The highest BCUT2D eigenvalue weighted by atomic mass is 35.5. The van der Waals surface area contributed by atoms with E-state index in [-0.39, 0.29) is 22.6 Å². The molecular weight excluding hydrogens is 253 g/mol. The molecule has 0 radical (unpaired) electrons. The van der Waals surface area contributed by atoms with Gasteiger partial charge in [0, 0.05) is 17.5 Å². The van der Waals surface area contributed by atoms with Crippen LogP contribution in [0.4, 0.5) is 4.39 Å². The molecule has 2 nitrogen and oxygen atoms in total. The molecule has 1 aromatic carbocycles. The SMILES string of the molecule is CCC(N)C(Oc1ccc(Cl)c(F)c1)C(C)(C)C. The van der Waals surface area contributed by atoms with Gasteiger partial charge in [0.25, 0.3) is 0 Å². The van der Waals surface area contributed by atoms with Crippen molar-refractivity contribution in [3.8, 4) is 5.75 Å². The van der Waals surface area contributed by atoms with Crippen LogP contribution >= 0.6 is 11.6 Å². The highest BCUT2D eigenvalue weighted by molar-refractivity contribution is 6.30. The molecule has 2 atom stereocenters. The fourth-order valence-electron chi connectivity index (χ4n) is 1.82. The van der Waals surface area contributed by atoms with Gasteiger partial charge in [0.05, 0.1) is 5.02 Å². The molecule has 0 aliphatic rings. The first kappa shape index (κ1) is 15.3. The maximum atomic E-state index is 13.4. The van der Waals surface area contributed by atoms with Crippen molar-refractivity contribution >= 4 is 11.6 Å². The fraction of sp³-hybridized carbons (Fsp3) is 0.571. The van der Waals surface area contributed by atoms with E-state index in [1.54, 1.807) is 6.07 Å². The molecule has 0 aliphatic heterocycles. The predicted octanol–water partition coefficient (Wildman–Crippen LogP) is 4.01. The van der Waals surface area contributed by atoms with Crippen molar-refractivity contribution in [1.82, 2.24) is 0 Å². The van der Waals surface area contributed by atoms with Gasteiger partial charge in [-0.2, -0.15) is 0 Å². The minimum absolute atomic E-state index is 0.0921. The third-order valence-electron chi connectivity index (χ3n) is 2.87. The monoisotopic (exact) mass is 273 g/mol. The summed E-state index contributed by atoms with van der Waals surface area (Å²) in [6.07, 6.45) is 0.626. The van der Waals surface area contributed by atoms with E-state index in [0.29, 0.717) is 5.75 Å². The van der Waals surface area contributed by atoms with Crippen LogP contribution < -0.4 is 10.5 Å². The maximum absolute atomic E-state index is 13.4.